The van der Waals surface area contributed by atoms with E-state index in [0.29, 0.717) is 18.8 Å². The average molecular weight is 252 g/mol. The first kappa shape index (κ1) is 12.8. The lowest BCUT2D eigenvalue weighted by atomic mass is 10.2. The van der Waals surface area contributed by atoms with Crippen LogP contribution in [0.15, 0.2) is 18.2 Å². The molecule has 1 aliphatic rings. The molecule has 1 fully saturated rings. The number of rotatable bonds is 4. The molecule has 0 spiro atoms. The molecule has 0 aliphatic carbocycles. The Kier molecular flexibility index (Phi) is 3.78. The van der Waals surface area contributed by atoms with Gasteiger partial charge in [0.2, 0.25) is 0 Å². The zero-order chi connectivity index (χ0) is 13.1. The molecule has 0 saturated carbocycles. The van der Waals surface area contributed by atoms with Crippen LogP contribution in [0.2, 0.25) is 0 Å². The van der Waals surface area contributed by atoms with E-state index < -0.39 is 5.97 Å². The Morgan fingerprint density at radius 2 is 2.39 bits per heavy atom. The number of aliphatic hydroxyl groups excluding tert-OH is 1. The number of nitrogens with zero attached hydrogens (tertiary/aromatic N) is 2. The average Bonchev–Trinajstić information content (AvgIpc) is 2.82. The number of carboxylic acid groups (broad SMARTS) is 1. The minimum atomic E-state index is -1.06. The van der Waals surface area contributed by atoms with Crippen LogP contribution in [0.1, 0.15) is 16.9 Å². The molecular weight excluding hydrogens is 236 g/mol. The maximum absolute atomic E-state index is 10.9. The molecule has 0 amide bonds. The van der Waals surface area contributed by atoms with Crippen molar-refractivity contribution in [2.45, 2.75) is 18.6 Å². The van der Waals surface area contributed by atoms with Crippen molar-refractivity contribution in [2.24, 2.45) is 0 Å². The Bertz CT molecular complexity index is 438. The van der Waals surface area contributed by atoms with Gasteiger partial charge in [0.15, 0.2) is 5.69 Å². The first-order valence-corrected chi connectivity index (χ1v) is 5.76. The van der Waals surface area contributed by atoms with E-state index in [9.17, 15) is 9.90 Å². The van der Waals surface area contributed by atoms with Gasteiger partial charge in [-0.25, -0.2) is 9.78 Å². The highest BCUT2D eigenvalue weighted by Gasteiger charge is 2.32. The Labute approximate surface area is 105 Å². The van der Waals surface area contributed by atoms with Gasteiger partial charge in [-0.15, -0.1) is 0 Å². The quantitative estimate of drug-likeness (QED) is 0.805. The van der Waals surface area contributed by atoms with Crippen molar-refractivity contribution in [3.63, 3.8) is 0 Å². The Morgan fingerprint density at radius 3 is 3.00 bits per heavy atom. The maximum atomic E-state index is 10.9. The van der Waals surface area contributed by atoms with Gasteiger partial charge in [-0.2, -0.15) is 0 Å². The minimum absolute atomic E-state index is 0.00115. The lowest BCUT2D eigenvalue weighted by Gasteiger charge is -2.23. The van der Waals surface area contributed by atoms with Crippen LogP contribution in [0.3, 0.4) is 0 Å². The monoisotopic (exact) mass is 252 g/mol. The minimum Gasteiger partial charge on any atom is -0.477 e. The standard InChI is InChI=1S/C12H16N2O4/c1-18-9-5-8(7-15)14(6-9)11-4-2-3-10(13-11)12(16)17/h2-4,8-9,15H,5-7H2,1H3,(H,16,17)/t8-,9-/m0/s1. The highest BCUT2D eigenvalue weighted by Crippen LogP contribution is 2.25. The summed E-state index contributed by atoms with van der Waals surface area (Å²) in [6.07, 6.45) is 0.754. The molecule has 6 heteroatoms. The molecule has 6 nitrogen and oxygen atoms in total. The number of aromatic nitrogens is 1. The number of carboxylic acids is 1. The SMILES string of the molecule is CO[C@H]1C[C@@H](CO)N(c2cccc(C(=O)O)n2)C1. The number of ether oxygens (including phenoxy) is 1. The van der Waals surface area contributed by atoms with Gasteiger partial charge in [-0.3, -0.25) is 0 Å². The van der Waals surface area contributed by atoms with E-state index in [1.807, 2.05) is 4.90 Å². The number of anilines is 1. The van der Waals surface area contributed by atoms with Gasteiger partial charge in [-0.1, -0.05) is 6.07 Å². The molecule has 1 saturated heterocycles. The fraction of sp³-hybridized carbons (Fsp3) is 0.500. The number of methoxy groups -OCH3 is 1. The van der Waals surface area contributed by atoms with Crippen LogP contribution in [0, 0.1) is 0 Å². The van der Waals surface area contributed by atoms with E-state index in [4.69, 9.17) is 9.84 Å². The van der Waals surface area contributed by atoms with E-state index >= 15 is 0 Å². The van der Waals surface area contributed by atoms with Crippen molar-refractivity contribution in [1.82, 2.24) is 4.98 Å². The fourth-order valence-corrected chi connectivity index (χ4v) is 2.20. The van der Waals surface area contributed by atoms with Crippen molar-refractivity contribution in [2.75, 3.05) is 25.2 Å². The van der Waals surface area contributed by atoms with Gasteiger partial charge in [0, 0.05) is 13.7 Å². The molecule has 2 rings (SSSR count). The van der Waals surface area contributed by atoms with E-state index in [1.54, 1.807) is 19.2 Å². The summed E-state index contributed by atoms with van der Waals surface area (Å²) in [6, 6.07) is 4.77. The third-order valence-electron chi connectivity index (χ3n) is 3.17. The van der Waals surface area contributed by atoms with Crippen LogP contribution in [-0.2, 0) is 4.74 Å². The fourth-order valence-electron chi connectivity index (χ4n) is 2.20. The van der Waals surface area contributed by atoms with E-state index in [-0.39, 0.29) is 24.4 Å². The zero-order valence-electron chi connectivity index (χ0n) is 10.1. The molecular formula is C12H16N2O4. The predicted octanol–water partition coefficient (Wildman–Crippen LogP) is 0.366. The molecule has 0 aromatic carbocycles. The van der Waals surface area contributed by atoms with Gasteiger partial charge < -0.3 is 19.8 Å². The Hall–Kier alpha value is -1.66. The first-order valence-electron chi connectivity index (χ1n) is 5.76. The maximum Gasteiger partial charge on any atom is 0.354 e. The number of hydrogen-bond donors (Lipinski definition) is 2. The molecule has 2 atom stereocenters. The molecule has 0 unspecified atom stereocenters. The van der Waals surface area contributed by atoms with Crippen molar-refractivity contribution in [1.29, 1.82) is 0 Å². The second-order valence-electron chi connectivity index (χ2n) is 4.27. The topological polar surface area (TPSA) is 82.9 Å². The van der Waals surface area contributed by atoms with Crippen LogP contribution in [0.4, 0.5) is 5.82 Å². The highest BCUT2D eigenvalue weighted by atomic mass is 16.5. The van der Waals surface area contributed by atoms with Crippen molar-refractivity contribution < 1.29 is 19.7 Å². The van der Waals surface area contributed by atoms with Crippen molar-refractivity contribution in [3.8, 4) is 0 Å². The molecule has 0 radical (unpaired) electrons. The highest BCUT2D eigenvalue weighted by molar-refractivity contribution is 5.85. The molecule has 1 aromatic heterocycles. The van der Waals surface area contributed by atoms with Crippen molar-refractivity contribution in [3.05, 3.63) is 23.9 Å². The summed E-state index contributed by atoms with van der Waals surface area (Å²) in [5.41, 5.74) is 0.00468. The smallest absolute Gasteiger partial charge is 0.354 e. The number of hydrogen-bond acceptors (Lipinski definition) is 5. The summed E-state index contributed by atoms with van der Waals surface area (Å²) in [6.45, 7) is 0.608. The predicted molar refractivity (Wildman–Crippen MR) is 64.8 cm³/mol. The molecule has 1 aliphatic heterocycles. The van der Waals surface area contributed by atoms with E-state index in [1.165, 1.54) is 6.07 Å². The summed E-state index contributed by atoms with van der Waals surface area (Å²) in [5.74, 6) is -0.492. The normalized spacial score (nSPS) is 23.3. The third kappa shape index (κ3) is 2.44. The number of carbonyl (C=O) groups is 1. The van der Waals surface area contributed by atoms with Gasteiger partial charge in [0.05, 0.1) is 18.8 Å². The van der Waals surface area contributed by atoms with Crippen LogP contribution < -0.4 is 4.90 Å². The van der Waals surface area contributed by atoms with E-state index in [0.717, 1.165) is 0 Å². The van der Waals surface area contributed by atoms with Crippen LogP contribution in [0.5, 0.6) is 0 Å². The van der Waals surface area contributed by atoms with Crippen molar-refractivity contribution >= 4 is 11.8 Å². The van der Waals surface area contributed by atoms with Crippen LogP contribution >= 0.6 is 0 Å². The zero-order valence-corrected chi connectivity index (χ0v) is 10.1. The van der Waals surface area contributed by atoms with Gasteiger partial charge >= 0.3 is 5.97 Å². The number of aromatic carboxylic acids is 1. The molecule has 18 heavy (non-hydrogen) atoms. The largest absolute Gasteiger partial charge is 0.477 e. The molecule has 0 bridgehead atoms. The number of pyridine rings is 1. The lowest BCUT2D eigenvalue weighted by Crippen LogP contribution is -2.33. The Balaban J connectivity index is 2.24. The summed E-state index contributed by atoms with van der Waals surface area (Å²) in [5, 5.41) is 18.3. The molecule has 2 heterocycles. The van der Waals surface area contributed by atoms with Gasteiger partial charge in [0.1, 0.15) is 5.82 Å². The molecule has 98 valence electrons. The summed E-state index contributed by atoms with van der Waals surface area (Å²) >= 11 is 0. The Morgan fingerprint density at radius 1 is 1.61 bits per heavy atom. The van der Waals surface area contributed by atoms with Gasteiger partial charge in [0.25, 0.3) is 0 Å². The number of aliphatic hydroxyl groups is 1. The first-order chi connectivity index (χ1) is 8.65. The van der Waals surface area contributed by atoms with E-state index in [2.05, 4.69) is 4.98 Å². The van der Waals surface area contributed by atoms with Gasteiger partial charge in [-0.05, 0) is 18.6 Å². The summed E-state index contributed by atoms with van der Waals surface area (Å²) < 4.78 is 5.28. The third-order valence-corrected chi connectivity index (χ3v) is 3.17. The second-order valence-corrected chi connectivity index (χ2v) is 4.27. The van der Waals surface area contributed by atoms with Crippen LogP contribution in [-0.4, -0.2) is 53.6 Å². The summed E-state index contributed by atoms with van der Waals surface area (Å²) in [7, 11) is 1.63. The lowest BCUT2D eigenvalue weighted by molar-refractivity contribution is 0.0690. The van der Waals surface area contributed by atoms with Crippen LogP contribution in [0.25, 0.3) is 0 Å². The molecule has 1 aromatic rings. The summed E-state index contributed by atoms with van der Waals surface area (Å²) in [4.78, 5) is 16.9. The second kappa shape index (κ2) is 5.32. The molecule has 2 N–H and O–H groups in total.